The van der Waals surface area contributed by atoms with E-state index < -0.39 is 27.2 Å². The second kappa shape index (κ2) is 6.83. The van der Waals surface area contributed by atoms with Gasteiger partial charge in [0, 0.05) is 0 Å². The van der Waals surface area contributed by atoms with Gasteiger partial charge in [-0.2, -0.15) is 0 Å². The third-order valence-electron chi connectivity index (χ3n) is 2.82. The molecule has 0 N–H and O–H groups in total. The third kappa shape index (κ3) is 4.92. The fourth-order valence-electron chi connectivity index (χ4n) is 1.66. The largest absolute Gasteiger partial charge is 0.496 e. The molecule has 0 radical (unpaired) electrons. The smallest absolute Gasteiger partial charge is 0.181 e. The molecule has 0 aliphatic carbocycles. The van der Waals surface area contributed by atoms with Crippen LogP contribution in [0.4, 0.5) is 4.39 Å². The van der Waals surface area contributed by atoms with Crippen LogP contribution in [-0.4, -0.2) is 32.8 Å². The predicted octanol–water partition coefficient (Wildman–Crippen LogP) is 2.48. The maximum atomic E-state index is 13.2. The summed E-state index contributed by atoms with van der Waals surface area (Å²) >= 11 is 0. The first kappa shape index (κ1) is 16.6. The number of halogens is 1. The molecule has 112 valence electrons. The number of methoxy groups -OCH3 is 1. The molecule has 0 heterocycles. The van der Waals surface area contributed by atoms with Gasteiger partial charge >= 0.3 is 0 Å². The van der Waals surface area contributed by atoms with Gasteiger partial charge in [0.15, 0.2) is 15.6 Å². The van der Waals surface area contributed by atoms with Crippen LogP contribution in [0.25, 0.3) is 0 Å². The lowest BCUT2D eigenvalue weighted by Gasteiger charge is -2.09. The highest BCUT2D eigenvalue weighted by molar-refractivity contribution is 7.92. The lowest BCUT2D eigenvalue weighted by atomic mass is 10.1. The zero-order valence-corrected chi connectivity index (χ0v) is 12.7. The summed E-state index contributed by atoms with van der Waals surface area (Å²) in [5.41, 5.74) is -0.0411. The molecule has 0 aromatic heterocycles. The number of ether oxygens (including phenoxy) is 1. The van der Waals surface area contributed by atoms with Gasteiger partial charge < -0.3 is 4.74 Å². The van der Waals surface area contributed by atoms with Crippen molar-refractivity contribution in [1.82, 2.24) is 0 Å². The Balaban J connectivity index is 2.88. The van der Waals surface area contributed by atoms with Gasteiger partial charge in [-0.3, -0.25) is 4.79 Å². The first-order valence-electron chi connectivity index (χ1n) is 6.32. The van der Waals surface area contributed by atoms with Crippen LogP contribution < -0.4 is 4.74 Å². The zero-order chi connectivity index (χ0) is 15.3. The molecule has 0 bridgehead atoms. The van der Waals surface area contributed by atoms with Crippen LogP contribution in [0.15, 0.2) is 18.2 Å². The molecule has 1 rings (SSSR count). The highest BCUT2D eigenvalue weighted by Crippen LogP contribution is 2.20. The summed E-state index contributed by atoms with van der Waals surface area (Å²) < 4.78 is 41.8. The number of Topliss-reactive ketones (excluding diaryl/α,β-unsaturated/α-hetero) is 1. The molecular weight excluding hydrogens is 283 g/mol. The maximum absolute atomic E-state index is 13.2. The highest BCUT2D eigenvalue weighted by atomic mass is 32.2. The van der Waals surface area contributed by atoms with E-state index in [0.717, 1.165) is 12.1 Å². The summed E-state index contributed by atoms with van der Waals surface area (Å²) in [7, 11) is -2.14. The summed E-state index contributed by atoms with van der Waals surface area (Å²) in [6, 6.07) is 3.46. The minimum absolute atomic E-state index is 0.0411. The van der Waals surface area contributed by atoms with E-state index in [4.69, 9.17) is 4.74 Å². The third-order valence-corrected chi connectivity index (χ3v) is 4.38. The topological polar surface area (TPSA) is 60.4 Å². The van der Waals surface area contributed by atoms with Crippen LogP contribution in [-0.2, 0) is 9.84 Å². The van der Waals surface area contributed by atoms with Crippen molar-refractivity contribution in [2.75, 3.05) is 18.6 Å². The summed E-state index contributed by atoms with van der Waals surface area (Å²) in [6.45, 7) is 3.82. The Bertz CT molecular complexity index is 579. The zero-order valence-electron chi connectivity index (χ0n) is 11.8. The summed E-state index contributed by atoms with van der Waals surface area (Å²) in [5.74, 6) is -1.51. The number of benzene rings is 1. The molecule has 0 spiro atoms. The lowest BCUT2D eigenvalue weighted by molar-refractivity contribution is 0.101. The molecule has 1 aromatic carbocycles. The molecule has 0 saturated carbocycles. The van der Waals surface area contributed by atoms with Gasteiger partial charge in [0.05, 0.1) is 18.4 Å². The average molecular weight is 302 g/mol. The minimum Gasteiger partial charge on any atom is -0.496 e. The van der Waals surface area contributed by atoms with Crippen molar-refractivity contribution >= 4 is 15.6 Å². The molecule has 20 heavy (non-hydrogen) atoms. The summed E-state index contributed by atoms with van der Waals surface area (Å²) in [5, 5.41) is 0. The average Bonchev–Trinajstić information content (AvgIpc) is 2.36. The van der Waals surface area contributed by atoms with Crippen molar-refractivity contribution in [3.05, 3.63) is 29.6 Å². The van der Waals surface area contributed by atoms with Gasteiger partial charge in [-0.15, -0.1) is 0 Å². The predicted molar refractivity (Wildman–Crippen MR) is 75.4 cm³/mol. The molecule has 0 aliphatic heterocycles. The number of carbonyl (C=O) groups is 1. The van der Waals surface area contributed by atoms with Gasteiger partial charge in [0.1, 0.15) is 17.3 Å². The van der Waals surface area contributed by atoms with Crippen LogP contribution in [0.3, 0.4) is 0 Å². The second-order valence-electron chi connectivity index (χ2n) is 5.04. The summed E-state index contributed by atoms with van der Waals surface area (Å²) in [6.07, 6.45) is 0.496. The molecule has 0 fully saturated rings. The molecule has 0 amide bonds. The molecule has 4 nitrogen and oxygen atoms in total. The SMILES string of the molecule is COc1ccc(F)cc1C(=O)CS(=O)(=O)CCC(C)C. The van der Waals surface area contributed by atoms with Gasteiger partial charge in [-0.25, -0.2) is 12.8 Å². The first-order valence-corrected chi connectivity index (χ1v) is 8.14. The Labute approximate surface area is 118 Å². The second-order valence-corrected chi connectivity index (χ2v) is 7.23. The fourth-order valence-corrected chi connectivity index (χ4v) is 3.19. The van der Waals surface area contributed by atoms with Crippen molar-refractivity contribution in [3.8, 4) is 5.75 Å². The van der Waals surface area contributed by atoms with Crippen LogP contribution in [0.5, 0.6) is 5.75 Å². The van der Waals surface area contributed by atoms with Crippen molar-refractivity contribution in [2.24, 2.45) is 5.92 Å². The molecule has 0 unspecified atom stereocenters. The fraction of sp³-hybridized carbons (Fsp3) is 0.500. The maximum Gasteiger partial charge on any atom is 0.181 e. The van der Waals surface area contributed by atoms with Crippen LogP contribution in [0, 0.1) is 11.7 Å². The monoisotopic (exact) mass is 302 g/mol. The van der Waals surface area contributed by atoms with Crippen molar-refractivity contribution in [3.63, 3.8) is 0 Å². The van der Waals surface area contributed by atoms with Crippen molar-refractivity contribution < 1.29 is 22.3 Å². The molecule has 0 aliphatic rings. The Morgan fingerprint density at radius 2 is 2.00 bits per heavy atom. The van der Waals surface area contributed by atoms with E-state index in [0.29, 0.717) is 6.42 Å². The number of rotatable bonds is 7. The first-order chi connectivity index (χ1) is 9.25. The summed E-state index contributed by atoms with van der Waals surface area (Å²) in [4.78, 5) is 12.0. The van der Waals surface area contributed by atoms with Crippen LogP contribution in [0.1, 0.15) is 30.6 Å². The normalized spacial score (nSPS) is 11.7. The Morgan fingerprint density at radius 1 is 1.35 bits per heavy atom. The van der Waals surface area contributed by atoms with E-state index in [9.17, 15) is 17.6 Å². The number of ketones is 1. The highest BCUT2D eigenvalue weighted by Gasteiger charge is 2.21. The van der Waals surface area contributed by atoms with Crippen molar-refractivity contribution in [1.29, 1.82) is 0 Å². The van der Waals surface area contributed by atoms with Crippen LogP contribution in [0.2, 0.25) is 0 Å². The minimum atomic E-state index is -3.49. The number of carbonyl (C=O) groups excluding carboxylic acids is 1. The molecule has 6 heteroatoms. The van der Waals surface area contributed by atoms with E-state index in [2.05, 4.69) is 0 Å². The number of hydrogen-bond acceptors (Lipinski definition) is 4. The molecular formula is C14H19FO4S. The van der Waals surface area contributed by atoms with Crippen molar-refractivity contribution in [2.45, 2.75) is 20.3 Å². The van der Waals surface area contributed by atoms with Gasteiger partial charge in [0.2, 0.25) is 0 Å². The molecule has 0 saturated heterocycles. The quantitative estimate of drug-likeness (QED) is 0.726. The molecule has 0 atom stereocenters. The molecule has 1 aromatic rings. The Morgan fingerprint density at radius 3 is 2.55 bits per heavy atom. The van der Waals surface area contributed by atoms with E-state index in [1.807, 2.05) is 13.8 Å². The van der Waals surface area contributed by atoms with E-state index in [-0.39, 0.29) is 23.0 Å². The van der Waals surface area contributed by atoms with Gasteiger partial charge in [-0.05, 0) is 30.5 Å². The standard InChI is InChI=1S/C14H19FO4S/c1-10(2)6-7-20(17,18)9-13(16)12-8-11(15)4-5-14(12)19-3/h4-5,8,10H,6-7,9H2,1-3H3. The van der Waals surface area contributed by atoms with Gasteiger partial charge in [0.25, 0.3) is 0 Å². The number of hydrogen-bond donors (Lipinski definition) is 0. The number of sulfone groups is 1. The van der Waals surface area contributed by atoms with Crippen LogP contribution >= 0.6 is 0 Å². The Hall–Kier alpha value is -1.43. The van der Waals surface area contributed by atoms with E-state index in [1.54, 1.807) is 0 Å². The van der Waals surface area contributed by atoms with E-state index >= 15 is 0 Å². The van der Waals surface area contributed by atoms with Gasteiger partial charge in [-0.1, -0.05) is 13.8 Å². The lowest BCUT2D eigenvalue weighted by Crippen LogP contribution is -2.20. The van der Waals surface area contributed by atoms with E-state index in [1.165, 1.54) is 13.2 Å². The Kier molecular flexibility index (Phi) is 5.68.